The van der Waals surface area contributed by atoms with E-state index in [-0.39, 0.29) is 0 Å². The van der Waals surface area contributed by atoms with Gasteiger partial charge in [0.2, 0.25) is 0 Å². The fourth-order valence-electron chi connectivity index (χ4n) is 2.21. The Kier molecular flexibility index (Phi) is 2.25. The molecule has 0 aliphatic carbocycles. The molecule has 0 amide bonds. The number of aromatic nitrogens is 3. The van der Waals surface area contributed by atoms with Crippen molar-refractivity contribution in [1.29, 1.82) is 0 Å². The fourth-order valence-corrected chi connectivity index (χ4v) is 2.21. The second kappa shape index (κ2) is 3.75. The average molecular weight is 217 g/mol. The molecule has 1 unspecified atom stereocenters. The van der Waals surface area contributed by atoms with Crippen molar-refractivity contribution in [2.24, 2.45) is 0 Å². The Hall–Kier alpha value is -1.62. The molecular weight excluding hydrogens is 202 g/mol. The lowest BCUT2D eigenvalue weighted by Gasteiger charge is -2.21. The number of nitrogen functional groups attached to an aromatic ring is 1. The molecule has 0 spiro atoms. The maximum Gasteiger partial charge on any atom is 0.157 e. The zero-order chi connectivity index (χ0) is 11.0. The highest BCUT2D eigenvalue weighted by Crippen LogP contribution is 2.22. The highest BCUT2D eigenvalue weighted by atomic mass is 15.3. The van der Waals surface area contributed by atoms with Crippen molar-refractivity contribution in [3.8, 4) is 0 Å². The summed E-state index contributed by atoms with van der Waals surface area (Å²) in [5, 5.41) is 7.97. The van der Waals surface area contributed by atoms with Crippen LogP contribution in [-0.2, 0) is 0 Å². The van der Waals surface area contributed by atoms with Gasteiger partial charge in [-0.1, -0.05) is 6.42 Å². The van der Waals surface area contributed by atoms with E-state index in [1.807, 2.05) is 6.07 Å². The molecule has 0 radical (unpaired) electrons. The Morgan fingerprint density at radius 2 is 2.38 bits per heavy atom. The van der Waals surface area contributed by atoms with Gasteiger partial charge in [-0.05, 0) is 25.5 Å². The van der Waals surface area contributed by atoms with Gasteiger partial charge in [0.05, 0.1) is 11.7 Å². The van der Waals surface area contributed by atoms with Gasteiger partial charge in [0.25, 0.3) is 0 Å². The van der Waals surface area contributed by atoms with Crippen LogP contribution in [0, 0.1) is 0 Å². The van der Waals surface area contributed by atoms with Gasteiger partial charge in [-0.3, -0.25) is 0 Å². The van der Waals surface area contributed by atoms with Crippen LogP contribution in [0.15, 0.2) is 18.3 Å². The van der Waals surface area contributed by atoms with Crippen molar-refractivity contribution in [3.63, 3.8) is 0 Å². The number of nitrogens with two attached hydrogens (primary N) is 1. The number of fused-ring (bicyclic) bond motifs is 1. The van der Waals surface area contributed by atoms with Gasteiger partial charge in [-0.25, -0.2) is 4.98 Å². The average Bonchev–Trinajstić information content (AvgIpc) is 2.76. The summed E-state index contributed by atoms with van der Waals surface area (Å²) in [5.41, 5.74) is 7.71. The highest BCUT2D eigenvalue weighted by molar-refractivity contribution is 5.46. The topological polar surface area (TPSA) is 68.2 Å². The Balaban J connectivity index is 2.01. The van der Waals surface area contributed by atoms with E-state index in [4.69, 9.17) is 5.73 Å². The quantitative estimate of drug-likeness (QED) is 0.751. The molecule has 1 aliphatic heterocycles. The molecule has 16 heavy (non-hydrogen) atoms. The second-order valence-electron chi connectivity index (χ2n) is 4.21. The minimum Gasteiger partial charge on any atom is -0.384 e. The summed E-state index contributed by atoms with van der Waals surface area (Å²) in [4.78, 5) is 4.25. The first-order chi connectivity index (χ1) is 7.84. The van der Waals surface area contributed by atoms with E-state index in [9.17, 15) is 0 Å². The normalized spacial score (nSPS) is 21.4. The Labute approximate surface area is 93.7 Å². The second-order valence-corrected chi connectivity index (χ2v) is 4.21. The minimum absolute atomic E-state index is 0.356. The Morgan fingerprint density at radius 3 is 3.12 bits per heavy atom. The molecule has 5 heteroatoms. The smallest absolute Gasteiger partial charge is 0.157 e. The summed E-state index contributed by atoms with van der Waals surface area (Å²) >= 11 is 0. The first-order valence-corrected chi connectivity index (χ1v) is 5.68. The minimum atomic E-state index is 0.356. The number of hydrogen-bond acceptors (Lipinski definition) is 4. The van der Waals surface area contributed by atoms with Crippen molar-refractivity contribution >= 4 is 11.5 Å². The van der Waals surface area contributed by atoms with Gasteiger partial charge < -0.3 is 11.1 Å². The van der Waals surface area contributed by atoms with E-state index < -0.39 is 0 Å². The molecule has 2 aromatic heterocycles. The number of piperidine rings is 1. The van der Waals surface area contributed by atoms with Gasteiger partial charge in [0.15, 0.2) is 5.65 Å². The first kappa shape index (κ1) is 9.59. The maximum atomic E-state index is 5.84. The summed E-state index contributed by atoms with van der Waals surface area (Å²) in [6.45, 7) is 1.07. The Bertz CT molecular complexity index is 498. The molecule has 2 aromatic rings. The van der Waals surface area contributed by atoms with E-state index in [1.54, 1.807) is 16.8 Å². The highest BCUT2D eigenvalue weighted by Gasteiger charge is 2.18. The summed E-state index contributed by atoms with van der Waals surface area (Å²) in [7, 11) is 0. The van der Waals surface area contributed by atoms with Gasteiger partial charge in [-0.2, -0.15) is 9.61 Å². The molecular formula is C11H15N5. The molecule has 1 fully saturated rings. The number of anilines is 1. The molecule has 3 rings (SSSR count). The molecule has 1 aliphatic rings. The number of rotatable bonds is 1. The van der Waals surface area contributed by atoms with Crippen molar-refractivity contribution in [2.45, 2.75) is 25.3 Å². The third-order valence-electron chi connectivity index (χ3n) is 3.07. The SMILES string of the molecule is Nc1ccnc2cc(C3CCCCN3)nn12. The molecule has 1 saturated heterocycles. The van der Waals surface area contributed by atoms with E-state index in [1.165, 1.54) is 12.8 Å². The van der Waals surface area contributed by atoms with Gasteiger partial charge in [0, 0.05) is 12.3 Å². The summed E-state index contributed by atoms with van der Waals surface area (Å²) in [6, 6.07) is 4.13. The van der Waals surface area contributed by atoms with Gasteiger partial charge in [0.1, 0.15) is 5.82 Å². The number of nitrogens with zero attached hydrogens (tertiary/aromatic N) is 3. The first-order valence-electron chi connectivity index (χ1n) is 5.68. The van der Waals surface area contributed by atoms with Crippen LogP contribution in [0.4, 0.5) is 5.82 Å². The summed E-state index contributed by atoms with van der Waals surface area (Å²) in [5.74, 6) is 0.632. The molecule has 3 heterocycles. The van der Waals surface area contributed by atoms with Crippen LogP contribution in [-0.4, -0.2) is 21.1 Å². The van der Waals surface area contributed by atoms with E-state index >= 15 is 0 Å². The fraction of sp³-hybridized carbons (Fsp3) is 0.455. The van der Waals surface area contributed by atoms with Crippen molar-refractivity contribution < 1.29 is 0 Å². The molecule has 0 aromatic carbocycles. The lowest BCUT2D eigenvalue weighted by molar-refractivity contribution is 0.404. The van der Waals surface area contributed by atoms with E-state index in [0.29, 0.717) is 11.9 Å². The molecule has 3 N–H and O–H groups in total. The predicted molar refractivity (Wildman–Crippen MR) is 62.0 cm³/mol. The maximum absolute atomic E-state index is 5.84. The van der Waals surface area contributed by atoms with Crippen LogP contribution < -0.4 is 11.1 Å². The van der Waals surface area contributed by atoms with Crippen LogP contribution in [0.25, 0.3) is 5.65 Å². The van der Waals surface area contributed by atoms with Crippen LogP contribution in [0.2, 0.25) is 0 Å². The molecule has 0 saturated carbocycles. The van der Waals surface area contributed by atoms with Gasteiger partial charge >= 0.3 is 0 Å². The van der Waals surface area contributed by atoms with Crippen LogP contribution in [0.5, 0.6) is 0 Å². The van der Waals surface area contributed by atoms with Crippen molar-refractivity contribution in [2.75, 3.05) is 12.3 Å². The predicted octanol–water partition coefficient (Wildman–Crippen LogP) is 1.13. The third-order valence-corrected chi connectivity index (χ3v) is 3.07. The van der Waals surface area contributed by atoms with Gasteiger partial charge in [-0.15, -0.1) is 0 Å². The number of nitrogens with one attached hydrogen (secondary N) is 1. The van der Waals surface area contributed by atoms with E-state index in [0.717, 1.165) is 24.3 Å². The lowest BCUT2D eigenvalue weighted by atomic mass is 10.0. The molecule has 84 valence electrons. The van der Waals surface area contributed by atoms with E-state index in [2.05, 4.69) is 15.4 Å². The van der Waals surface area contributed by atoms with Crippen LogP contribution in [0.1, 0.15) is 31.0 Å². The number of hydrogen-bond donors (Lipinski definition) is 2. The Morgan fingerprint density at radius 1 is 1.44 bits per heavy atom. The monoisotopic (exact) mass is 217 g/mol. The van der Waals surface area contributed by atoms with Crippen LogP contribution >= 0.6 is 0 Å². The zero-order valence-electron chi connectivity index (χ0n) is 9.06. The zero-order valence-corrected chi connectivity index (χ0v) is 9.06. The standard InChI is InChI=1S/C11H15N5/c12-10-4-6-14-11-7-9(15-16(10)11)8-3-1-2-5-13-8/h4,6-8,13H,1-3,5,12H2. The molecule has 5 nitrogen and oxygen atoms in total. The molecule has 1 atom stereocenters. The lowest BCUT2D eigenvalue weighted by Crippen LogP contribution is -2.27. The van der Waals surface area contributed by atoms with Crippen molar-refractivity contribution in [3.05, 3.63) is 24.0 Å². The molecule has 0 bridgehead atoms. The largest absolute Gasteiger partial charge is 0.384 e. The summed E-state index contributed by atoms with van der Waals surface area (Å²) < 4.78 is 1.70. The van der Waals surface area contributed by atoms with Crippen LogP contribution in [0.3, 0.4) is 0 Å². The van der Waals surface area contributed by atoms with Crippen molar-refractivity contribution in [1.82, 2.24) is 19.9 Å². The summed E-state index contributed by atoms with van der Waals surface area (Å²) in [6.07, 6.45) is 5.37. The third kappa shape index (κ3) is 1.53.